The summed E-state index contributed by atoms with van der Waals surface area (Å²) in [5.74, 6) is 0.622. The summed E-state index contributed by atoms with van der Waals surface area (Å²) in [6.45, 7) is 0. The first kappa shape index (κ1) is 21.5. The summed E-state index contributed by atoms with van der Waals surface area (Å²) in [5, 5.41) is 6.38. The molecule has 0 spiro atoms. The lowest BCUT2D eigenvalue weighted by Crippen LogP contribution is -2.32. The lowest BCUT2D eigenvalue weighted by Gasteiger charge is -2.22. The van der Waals surface area contributed by atoms with Crippen molar-refractivity contribution in [2.75, 3.05) is 5.32 Å². The number of hydrogen-bond acceptors (Lipinski definition) is 4. The number of aliphatic imine (C=N–C) groups is 1. The molecule has 0 radical (unpaired) electrons. The van der Waals surface area contributed by atoms with Gasteiger partial charge in [-0.1, -0.05) is 109 Å². The van der Waals surface area contributed by atoms with Crippen LogP contribution < -0.4 is 10.6 Å². The average Bonchev–Trinajstić information content (AvgIpc) is 3.35. The topological polar surface area (TPSA) is 62.7 Å². The van der Waals surface area contributed by atoms with Gasteiger partial charge >= 0.3 is 6.09 Å². The standard InChI is InChI=1S/C29H25N3O2/c33-29(30-24-19-11-4-12-20-24)34-27(23-17-9-3-10-18-23)28-31-25(21-13-5-1-6-14-21)26(32-28)22-15-7-2-8-16-22/h1-20,25-27H,(H,30,33)(H,31,32). The second kappa shape index (κ2) is 10.0. The van der Waals surface area contributed by atoms with Crippen LogP contribution >= 0.6 is 0 Å². The van der Waals surface area contributed by atoms with Gasteiger partial charge in [-0.2, -0.15) is 0 Å². The van der Waals surface area contributed by atoms with Gasteiger partial charge < -0.3 is 10.1 Å². The summed E-state index contributed by atoms with van der Waals surface area (Å²) in [6, 6.07) is 39.1. The number of nitrogens with zero attached hydrogens (tertiary/aromatic N) is 1. The van der Waals surface area contributed by atoms with Crippen LogP contribution in [-0.4, -0.2) is 11.9 Å². The van der Waals surface area contributed by atoms with Gasteiger partial charge in [-0.3, -0.25) is 10.3 Å². The molecular formula is C29H25N3O2. The lowest BCUT2D eigenvalue weighted by molar-refractivity contribution is 0.141. The van der Waals surface area contributed by atoms with Gasteiger partial charge in [0.15, 0.2) is 6.10 Å². The van der Waals surface area contributed by atoms with Crippen molar-refractivity contribution in [2.24, 2.45) is 4.99 Å². The molecule has 1 heterocycles. The molecule has 5 nitrogen and oxygen atoms in total. The number of nitrogens with one attached hydrogen (secondary N) is 2. The van der Waals surface area contributed by atoms with Crippen molar-refractivity contribution in [3.63, 3.8) is 0 Å². The largest absolute Gasteiger partial charge is 0.433 e. The highest BCUT2D eigenvalue weighted by Gasteiger charge is 2.36. The van der Waals surface area contributed by atoms with E-state index in [0.29, 0.717) is 11.5 Å². The summed E-state index contributed by atoms with van der Waals surface area (Å²) in [5.41, 5.74) is 3.73. The van der Waals surface area contributed by atoms with Crippen molar-refractivity contribution in [1.82, 2.24) is 5.32 Å². The zero-order chi connectivity index (χ0) is 23.2. The Balaban J connectivity index is 1.48. The van der Waals surface area contributed by atoms with E-state index in [4.69, 9.17) is 9.73 Å². The molecule has 0 aliphatic carbocycles. The van der Waals surface area contributed by atoms with Crippen molar-refractivity contribution in [1.29, 1.82) is 0 Å². The number of rotatable bonds is 6. The van der Waals surface area contributed by atoms with Crippen LogP contribution in [0.4, 0.5) is 10.5 Å². The van der Waals surface area contributed by atoms with Crippen molar-refractivity contribution in [3.8, 4) is 0 Å². The first-order valence-electron chi connectivity index (χ1n) is 11.3. The predicted octanol–water partition coefficient (Wildman–Crippen LogP) is 6.46. The maximum absolute atomic E-state index is 12.8. The fourth-order valence-electron chi connectivity index (χ4n) is 4.17. The van der Waals surface area contributed by atoms with Gasteiger partial charge in [0.1, 0.15) is 11.9 Å². The Hall–Kier alpha value is -4.38. The lowest BCUT2D eigenvalue weighted by atomic mass is 9.95. The molecule has 5 rings (SSSR count). The monoisotopic (exact) mass is 447 g/mol. The van der Waals surface area contributed by atoms with Crippen molar-refractivity contribution < 1.29 is 9.53 Å². The van der Waals surface area contributed by atoms with Crippen LogP contribution in [-0.2, 0) is 4.74 Å². The Morgan fingerprint density at radius 3 is 1.88 bits per heavy atom. The maximum Gasteiger partial charge on any atom is 0.412 e. The number of hydrogen-bond donors (Lipinski definition) is 2. The van der Waals surface area contributed by atoms with E-state index in [9.17, 15) is 4.79 Å². The molecule has 1 aliphatic rings. The van der Waals surface area contributed by atoms with Gasteiger partial charge in [0.2, 0.25) is 0 Å². The fourth-order valence-corrected chi connectivity index (χ4v) is 4.17. The Morgan fingerprint density at radius 1 is 0.735 bits per heavy atom. The third kappa shape index (κ3) is 4.84. The van der Waals surface area contributed by atoms with Crippen molar-refractivity contribution in [3.05, 3.63) is 138 Å². The first-order valence-corrected chi connectivity index (χ1v) is 11.3. The molecule has 34 heavy (non-hydrogen) atoms. The molecule has 2 N–H and O–H groups in total. The molecule has 0 saturated carbocycles. The third-order valence-electron chi connectivity index (χ3n) is 5.79. The molecule has 4 aromatic carbocycles. The van der Waals surface area contributed by atoms with E-state index in [1.165, 1.54) is 0 Å². The second-order valence-electron chi connectivity index (χ2n) is 8.09. The van der Waals surface area contributed by atoms with Crippen LogP contribution in [0.25, 0.3) is 0 Å². The average molecular weight is 448 g/mol. The minimum absolute atomic E-state index is 0.0782. The van der Waals surface area contributed by atoms with Gasteiger partial charge in [-0.25, -0.2) is 4.79 Å². The summed E-state index contributed by atoms with van der Waals surface area (Å²) in [6.07, 6.45) is -1.21. The molecule has 4 aromatic rings. The number of carbonyl (C=O) groups is 1. The highest BCUT2D eigenvalue weighted by Crippen LogP contribution is 2.38. The molecule has 1 aliphatic heterocycles. The van der Waals surface area contributed by atoms with Crippen molar-refractivity contribution >= 4 is 17.6 Å². The highest BCUT2D eigenvalue weighted by molar-refractivity contribution is 5.93. The fraction of sp³-hybridized carbons (Fsp3) is 0.103. The highest BCUT2D eigenvalue weighted by atomic mass is 16.6. The second-order valence-corrected chi connectivity index (χ2v) is 8.09. The first-order chi connectivity index (χ1) is 16.8. The molecule has 3 unspecified atom stereocenters. The molecule has 0 fully saturated rings. The number of para-hydroxylation sites is 1. The Labute approximate surface area is 199 Å². The molecule has 3 atom stereocenters. The van der Waals surface area contributed by atoms with Crippen LogP contribution in [0.15, 0.2) is 126 Å². The summed E-state index contributed by atoms with van der Waals surface area (Å²) >= 11 is 0. The van der Waals surface area contributed by atoms with E-state index in [1.54, 1.807) is 0 Å². The van der Waals surface area contributed by atoms with E-state index in [2.05, 4.69) is 34.9 Å². The van der Waals surface area contributed by atoms with Gasteiger partial charge in [-0.05, 0) is 23.3 Å². The maximum atomic E-state index is 12.8. The van der Waals surface area contributed by atoms with Crippen LogP contribution in [0.5, 0.6) is 0 Å². The molecule has 0 aromatic heterocycles. The minimum atomic E-state index is -0.676. The third-order valence-corrected chi connectivity index (χ3v) is 5.79. The predicted molar refractivity (Wildman–Crippen MR) is 135 cm³/mol. The van der Waals surface area contributed by atoms with E-state index in [0.717, 1.165) is 16.7 Å². The Bertz CT molecular complexity index is 1250. The molecular weight excluding hydrogens is 422 g/mol. The number of carbonyl (C=O) groups excluding carboxylic acids is 1. The smallest absolute Gasteiger partial charge is 0.412 e. The molecule has 5 heteroatoms. The molecule has 1 amide bonds. The number of amidine groups is 1. The van der Waals surface area contributed by atoms with Crippen LogP contribution in [0.3, 0.4) is 0 Å². The molecule has 0 saturated heterocycles. The molecule has 168 valence electrons. The number of benzene rings is 4. The van der Waals surface area contributed by atoms with Gasteiger partial charge in [0.05, 0.1) is 6.04 Å². The van der Waals surface area contributed by atoms with Crippen LogP contribution in [0.2, 0.25) is 0 Å². The summed E-state index contributed by atoms with van der Waals surface area (Å²) in [4.78, 5) is 17.9. The normalized spacial score (nSPS) is 17.8. The molecule has 0 bridgehead atoms. The number of amides is 1. The quantitative estimate of drug-likeness (QED) is 0.356. The van der Waals surface area contributed by atoms with Crippen LogP contribution in [0.1, 0.15) is 34.9 Å². The van der Waals surface area contributed by atoms with Crippen molar-refractivity contribution in [2.45, 2.75) is 18.2 Å². The van der Waals surface area contributed by atoms with Gasteiger partial charge in [-0.15, -0.1) is 0 Å². The minimum Gasteiger partial charge on any atom is -0.433 e. The van der Waals surface area contributed by atoms with E-state index < -0.39 is 12.2 Å². The van der Waals surface area contributed by atoms with E-state index in [1.807, 2.05) is 97.1 Å². The number of anilines is 1. The van der Waals surface area contributed by atoms with E-state index in [-0.39, 0.29) is 12.1 Å². The van der Waals surface area contributed by atoms with Gasteiger partial charge in [0.25, 0.3) is 0 Å². The number of ether oxygens (including phenoxy) is 1. The van der Waals surface area contributed by atoms with Gasteiger partial charge in [0, 0.05) is 11.3 Å². The zero-order valence-corrected chi connectivity index (χ0v) is 18.5. The zero-order valence-electron chi connectivity index (χ0n) is 18.5. The Morgan fingerprint density at radius 2 is 1.26 bits per heavy atom. The summed E-state index contributed by atoms with van der Waals surface area (Å²) in [7, 11) is 0. The van der Waals surface area contributed by atoms with E-state index >= 15 is 0 Å². The SMILES string of the molecule is O=C(Nc1ccccc1)OC(C1=NC(c2ccccc2)C(c2ccccc2)N1)c1ccccc1. The summed E-state index contributed by atoms with van der Waals surface area (Å²) < 4.78 is 5.95. The van der Waals surface area contributed by atoms with Crippen LogP contribution in [0, 0.1) is 0 Å². The Kier molecular flexibility index (Phi) is 6.34.